The predicted octanol–water partition coefficient (Wildman–Crippen LogP) is 3.54. The molecule has 2 aromatic heterocycles. The van der Waals surface area contributed by atoms with Crippen LogP contribution in [0, 0.1) is 12.3 Å². The minimum atomic E-state index is 0.242. The standard InChI is InChI=1S/C23H31N5O/c1-3-4-20-25-18(2)15-21(26-20)27-13-9-23(10-14-27)8-5-22(29)28(17-23)16-19-6-11-24-12-7-19/h6-7,11-12,15H,3-5,8-10,13-14,16-17H2,1-2H3. The number of carbonyl (C=O) groups excluding carboxylic acids is 1. The Hall–Kier alpha value is -2.50. The van der Waals surface area contributed by atoms with Crippen LogP contribution < -0.4 is 4.90 Å². The maximum absolute atomic E-state index is 12.5. The maximum Gasteiger partial charge on any atom is 0.222 e. The Labute approximate surface area is 173 Å². The number of anilines is 1. The summed E-state index contributed by atoms with van der Waals surface area (Å²) in [6, 6.07) is 6.11. The molecule has 1 amide bonds. The number of amides is 1. The fourth-order valence-electron chi connectivity index (χ4n) is 4.68. The van der Waals surface area contributed by atoms with E-state index in [1.807, 2.05) is 12.1 Å². The van der Waals surface area contributed by atoms with Crippen molar-refractivity contribution in [3.63, 3.8) is 0 Å². The van der Waals surface area contributed by atoms with Crippen LogP contribution in [0.2, 0.25) is 0 Å². The smallest absolute Gasteiger partial charge is 0.222 e. The minimum absolute atomic E-state index is 0.242. The van der Waals surface area contributed by atoms with E-state index in [0.29, 0.717) is 13.0 Å². The molecule has 0 aromatic carbocycles. The van der Waals surface area contributed by atoms with Gasteiger partial charge in [0.05, 0.1) is 0 Å². The van der Waals surface area contributed by atoms with Crippen molar-refractivity contribution in [1.82, 2.24) is 19.9 Å². The van der Waals surface area contributed by atoms with Gasteiger partial charge in [-0.25, -0.2) is 9.97 Å². The molecular weight excluding hydrogens is 362 g/mol. The zero-order valence-electron chi connectivity index (χ0n) is 17.6. The van der Waals surface area contributed by atoms with Crippen LogP contribution in [0.4, 0.5) is 5.82 Å². The van der Waals surface area contributed by atoms with Crippen molar-refractivity contribution in [3.05, 3.63) is 47.7 Å². The number of piperidine rings is 2. The lowest BCUT2D eigenvalue weighted by Gasteiger charge is -2.47. The van der Waals surface area contributed by atoms with Gasteiger partial charge in [0, 0.05) is 63.2 Å². The number of hydrogen-bond donors (Lipinski definition) is 0. The highest BCUT2D eigenvalue weighted by molar-refractivity contribution is 5.77. The second-order valence-corrected chi connectivity index (χ2v) is 8.63. The Kier molecular flexibility index (Phi) is 5.79. The van der Waals surface area contributed by atoms with Crippen LogP contribution in [0.15, 0.2) is 30.6 Å². The molecule has 1 spiro atoms. The Morgan fingerprint density at radius 3 is 2.59 bits per heavy atom. The second kappa shape index (κ2) is 8.47. The summed E-state index contributed by atoms with van der Waals surface area (Å²) in [5.41, 5.74) is 2.44. The van der Waals surface area contributed by atoms with Crippen LogP contribution in [0.25, 0.3) is 0 Å². The van der Waals surface area contributed by atoms with E-state index in [1.165, 1.54) is 0 Å². The molecule has 154 valence electrons. The summed E-state index contributed by atoms with van der Waals surface area (Å²) >= 11 is 0. The Balaban J connectivity index is 1.42. The number of aromatic nitrogens is 3. The lowest BCUT2D eigenvalue weighted by atomic mass is 9.72. The van der Waals surface area contributed by atoms with Gasteiger partial charge in [0.15, 0.2) is 0 Å². The number of likely N-dealkylation sites (tertiary alicyclic amines) is 1. The van der Waals surface area contributed by atoms with E-state index >= 15 is 0 Å². The fraction of sp³-hybridized carbons (Fsp3) is 0.565. The van der Waals surface area contributed by atoms with Gasteiger partial charge in [-0.1, -0.05) is 6.92 Å². The Morgan fingerprint density at radius 1 is 1.10 bits per heavy atom. The lowest BCUT2D eigenvalue weighted by Crippen LogP contribution is -2.51. The molecule has 0 saturated carbocycles. The Morgan fingerprint density at radius 2 is 1.86 bits per heavy atom. The molecule has 2 aromatic rings. The third-order valence-corrected chi connectivity index (χ3v) is 6.38. The lowest BCUT2D eigenvalue weighted by molar-refractivity contribution is -0.139. The maximum atomic E-state index is 12.5. The van der Waals surface area contributed by atoms with Crippen molar-refractivity contribution in [1.29, 1.82) is 0 Å². The molecule has 4 heterocycles. The first-order chi connectivity index (χ1) is 14.1. The van der Waals surface area contributed by atoms with Gasteiger partial charge in [0.2, 0.25) is 5.91 Å². The van der Waals surface area contributed by atoms with Gasteiger partial charge in [0.1, 0.15) is 11.6 Å². The monoisotopic (exact) mass is 393 g/mol. The molecule has 2 aliphatic rings. The molecule has 2 aliphatic heterocycles. The number of hydrogen-bond acceptors (Lipinski definition) is 5. The van der Waals surface area contributed by atoms with Crippen LogP contribution in [-0.2, 0) is 17.8 Å². The molecular formula is C23H31N5O. The minimum Gasteiger partial charge on any atom is -0.356 e. The largest absolute Gasteiger partial charge is 0.356 e. The molecule has 6 nitrogen and oxygen atoms in total. The molecule has 0 N–H and O–H groups in total. The summed E-state index contributed by atoms with van der Waals surface area (Å²) in [6.07, 6.45) is 9.49. The van der Waals surface area contributed by atoms with Gasteiger partial charge < -0.3 is 9.80 Å². The molecule has 2 saturated heterocycles. The number of nitrogens with zero attached hydrogens (tertiary/aromatic N) is 5. The molecule has 0 aliphatic carbocycles. The van der Waals surface area contributed by atoms with Crippen LogP contribution in [0.5, 0.6) is 0 Å². The van der Waals surface area contributed by atoms with E-state index in [2.05, 4.69) is 39.7 Å². The molecule has 0 bridgehead atoms. The van der Waals surface area contributed by atoms with E-state index in [9.17, 15) is 4.79 Å². The van der Waals surface area contributed by atoms with E-state index in [4.69, 9.17) is 4.98 Å². The molecule has 29 heavy (non-hydrogen) atoms. The van der Waals surface area contributed by atoms with Gasteiger partial charge in [-0.2, -0.15) is 0 Å². The molecule has 0 unspecified atom stereocenters. The topological polar surface area (TPSA) is 62.2 Å². The zero-order chi connectivity index (χ0) is 20.3. The third-order valence-electron chi connectivity index (χ3n) is 6.38. The number of rotatable bonds is 5. The van der Waals surface area contributed by atoms with Crippen molar-refractivity contribution in [2.24, 2.45) is 5.41 Å². The van der Waals surface area contributed by atoms with Gasteiger partial charge >= 0.3 is 0 Å². The second-order valence-electron chi connectivity index (χ2n) is 8.63. The van der Waals surface area contributed by atoms with E-state index in [1.54, 1.807) is 12.4 Å². The van der Waals surface area contributed by atoms with E-state index < -0.39 is 0 Å². The summed E-state index contributed by atoms with van der Waals surface area (Å²) in [4.78, 5) is 30.5. The molecule has 2 fully saturated rings. The quantitative estimate of drug-likeness (QED) is 0.777. The normalized spacial score (nSPS) is 19.0. The highest BCUT2D eigenvalue weighted by atomic mass is 16.2. The molecule has 6 heteroatoms. The van der Waals surface area contributed by atoms with Crippen molar-refractivity contribution in [3.8, 4) is 0 Å². The summed E-state index contributed by atoms with van der Waals surface area (Å²) in [7, 11) is 0. The highest BCUT2D eigenvalue weighted by Gasteiger charge is 2.41. The number of aryl methyl sites for hydroxylation is 2. The number of pyridine rings is 1. The SMILES string of the molecule is CCCc1nc(C)cc(N2CCC3(CCC(=O)N(Cc4ccncc4)C3)CC2)n1. The van der Waals surface area contributed by atoms with Crippen LogP contribution >= 0.6 is 0 Å². The van der Waals surface area contributed by atoms with Crippen LogP contribution in [0.1, 0.15) is 56.1 Å². The molecule has 0 radical (unpaired) electrons. The van der Waals surface area contributed by atoms with Crippen LogP contribution in [-0.4, -0.2) is 45.4 Å². The van der Waals surface area contributed by atoms with Crippen molar-refractivity contribution in [2.45, 2.75) is 58.9 Å². The zero-order valence-corrected chi connectivity index (χ0v) is 17.6. The summed E-state index contributed by atoms with van der Waals surface area (Å²) in [6.45, 7) is 7.78. The summed E-state index contributed by atoms with van der Waals surface area (Å²) < 4.78 is 0. The van der Waals surface area contributed by atoms with Gasteiger partial charge in [-0.3, -0.25) is 9.78 Å². The first kappa shape index (κ1) is 19.8. The van der Waals surface area contributed by atoms with Gasteiger partial charge in [-0.15, -0.1) is 0 Å². The molecule has 0 atom stereocenters. The van der Waals surface area contributed by atoms with Crippen molar-refractivity contribution >= 4 is 11.7 Å². The molecule has 4 rings (SSSR count). The Bertz CT molecular complexity index is 846. The van der Waals surface area contributed by atoms with Gasteiger partial charge in [-0.05, 0) is 55.7 Å². The van der Waals surface area contributed by atoms with Crippen molar-refractivity contribution in [2.75, 3.05) is 24.5 Å². The fourth-order valence-corrected chi connectivity index (χ4v) is 4.68. The van der Waals surface area contributed by atoms with E-state index in [-0.39, 0.29) is 11.3 Å². The predicted molar refractivity (Wildman–Crippen MR) is 114 cm³/mol. The highest BCUT2D eigenvalue weighted by Crippen LogP contribution is 2.41. The average molecular weight is 394 g/mol. The van der Waals surface area contributed by atoms with Crippen LogP contribution in [0.3, 0.4) is 0 Å². The number of carbonyl (C=O) groups is 1. The summed E-state index contributed by atoms with van der Waals surface area (Å²) in [5, 5.41) is 0. The summed E-state index contributed by atoms with van der Waals surface area (Å²) in [5.74, 6) is 2.30. The first-order valence-electron chi connectivity index (χ1n) is 10.8. The third kappa shape index (κ3) is 4.57. The van der Waals surface area contributed by atoms with Gasteiger partial charge in [0.25, 0.3) is 0 Å². The first-order valence-corrected chi connectivity index (χ1v) is 10.8. The van der Waals surface area contributed by atoms with E-state index in [0.717, 1.165) is 74.6 Å². The average Bonchev–Trinajstić information content (AvgIpc) is 2.72. The van der Waals surface area contributed by atoms with Crippen molar-refractivity contribution < 1.29 is 4.79 Å².